The maximum Gasteiger partial charge on any atom is 0.325 e. The summed E-state index contributed by atoms with van der Waals surface area (Å²) in [6.07, 6.45) is 5.56. The van der Waals surface area contributed by atoms with Crippen molar-refractivity contribution in [1.82, 2.24) is 24.8 Å². The third-order valence-corrected chi connectivity index (χ3v) is 5.38. The van der Waals surface area contributed by atoms with Crippen molar-refractivity contribution in [2.24, 2.45) is 0 Å². The zero-order chi connectivity index (χ0) is 21.1. The number of hydrogen-bond acceptors (Lipinski definition) is 5. The molecular weight excluding hydrogens is 398 g/mol. The van der Waals surface area contributed by atoms with Gasteiger partial charge in [-0.15, -0.1) is 0 Å². The highest BCUT2D eigenvalue weighted by Crippen LogP contribution is 2.39. The molecule has 1 aliphatic heterocycles. The molecule has 7 nitrogen and oxygen atoms in total. The van der Waals surface area contributed by atoms with Gasteiger partial charge < -0.3 is 19.5 Å². The summed E-state index contributed by atoms with van der Waals surface area (Å²) in [4.78, 5) is 23.3. The fourth-order valence-electron chi connectivity index (χ4n) is 3.69. The van der Waals surface area contributed by atoms with E-state index < -0.39 is 0 Å². The summed E-state index contributed by atoms with van der Waals surface area (Å²) in [5.74, 6) is 0.481. The van der Waals surface area contributed by atoms with E-state index in [-0.39, 0.29) is 24.6 Å². The first kappa shape index (κ1) is 20.0. The van der Waals surface area contributed by atoms with Crippen LogP contribution in [0, 0.1) is 6.92 Å². The van der Waals surface area contributed by atoms with Gasteiger partial charge in [0, 0.05) is 24.3 Å². The molecule has 154 valence electrons. The second-order valence-electron chi connectivity index (χ2n) is 7.06. The van der Waals surface area contributed by atoms with Crippen LogP contribution in [0.15, 0.2) is 61.1 Å². The highest BCUT2D eigenvalue weighted by atomic mass is 32.1. The maximum atomic E-state index is 12.3. The lowest BCUT2D eigenvalue weighted by Crippen LogP contribution is -2.36. The largest absolute Gasteiger partial charge is 0.465 e. The van der Waals surface area contributed by atoms with E-state index in [1.54, 1.807) is 13.1 Å². The number of aryl methyl sites for hydroxylation is 1. The van der Waals surface area contributed by atoms with E-state index in [0.29, 0.717) is 11.7 Å². The molecule has 0 saturated carbocycles. The van der Waals surface area contributed by atoms with Crippen LogP contribution in [0.3, 0.4) is 0 Å². The average Bonchev–Trinajstić information content (AvgIpc) is 3.34. The Morgan fingerprint density at radius 2 is 2.07 bits per heavy atom. The van der Waals surface area contributed by atoms with Crippen LogP contribution in [0.4, 0.5) is 0 Å². The van der Waals surface area contributed by atoms with Crippen LogP contribution in [0.25, 0.3) is 5.82 Å². The van der Waals surface area contributed by atoms with E-state index >= 15 is 0 Å². The molecule has 0 spiro atoms. The number of rotatable bonds is 6. The van der Waals surface area contributed by atoms with Crippen molar-refractivity contribution in [1.29, 1.82) is 0 Å². The molecule has 8 heteroatoms. The number of carbonyl (C=O) groups excluding carboxylic acids is 1. The summed E-state index contributed by atoms with van der Waals surface area (Å²) < 4.78 is 7.21. The molecule has 0 radical (unpaired) electrons. The van der Waals surface area contributed by atoms with E-state index in [1.807, 2.05) is 71.2 Å². The summed E-state index contributed by atoms with van der Waals surface area (Å²) >= 11 is 5.60. The molecule has 3 aromatic rings. The van der Waals surface area contributed by atoms with Crippen molar-refractivity contribution >= 4 is 23.3 Å². The predicted molar refractivity (Wildman–Crippen MR) is 117 cm³/mol. The van der Waals surface area contributed by atoms with Gasteiger partial charge in [0.2, 0.25) is 0 Å². The normalized spacial score (nSPS) is 18.3. The zero-order valence-corrected chi connectivity index (χ0v) is 17.7. The molecule has 2 atom stereocenters. The minimum Gasteiger partial charge on any atom is -0.465 e. The number of ether oxygens (including phenoxy) is 1. The van der Waals surface area contributed by atoms with Gasteiger partial charge in [0.25, 0.3) is 0 Å². The number of aromatic nitrogens is 3. The minimum atomic E-state index is -0.320. The van der Waals surface area contributed by atoms with Gasteiger partial charge in [-0.05, 0) is 62.0 Å². The lowest BCUT2D eigenvalue weighted by molar-refractivity contribution is -0.143. The summed E-state index contributed by atoms with van der Waals surface area (Å²) in [5.41, 5.74) is 2.89. The fraction of sp³-hybridized carbons (Fsp3) is 0.273. The fourth-order valence-corrected chi connectivity index (χ4v) is 3.99. The smallest absolute Gasteiger partial charge is 0.325 e. The van der Waals surface area contributed by atoms with E-state index in [0.717, 1.165) is 22.8 Å². The monoisotopic (exact) mass is 421 g/mol. The number of carbonyl (C=O) groups is 1. The van der Waals surface area contributed by atoms with Crippen molar-refractivity contribution in [3.63, 3.8) is 0 Å². The molecule has 4 heterocycles. The van der Waals surface area contributed by atoms with Crippen LogP contribution < -0.4 is 5.32 Å². The average molecular weight is 422 g/mol. The second kappa shape index (κ2) is 8.62. The molecule has 1 saturated heterocycles. The molecule has 30 heavy (non-hydrogen) atoms. The van der Waals surface area contributed by atoms with Crippen LogP contribution in [-0.4, -0.2) is 43.7 Å². The van der Waals surface area contributed by atoms with Gasteiger partial charge in [-0.1, -0.05) is 12.1 Å². The molecule has 0 bridgehead atoms. The summed E-state index contributed by atoms with van der Waals surface area (Å²) in [5, 5.41) is 3.84. The Balaban J connectivity index is 1.77. The SMILES string of the molecule is CCOC(=O)CN1C(=S)N[C@H](c2ccccn2)[C@H]1c1cccn1-c1ccc(C)cn1. The standard InChI is InChI=1S/C22H23N5O2S/c1-3-29-19(28)14-27-21(20(25-22(27)30)16-7-4-5-11-23-16)17-8-6-12-26(17)18-10-9-15(2)13-24-18/h4-13,20-21H,3,14H2,1-2H3,(H,25,30)/t20-,21-/m1/s1. The van der Waals surface area contributed by atoms with Crippen molar-refractivity contribution in [3.8, 4) is 5.82 Å². The lowest BCUT2D eigenvalue weighted by Gasteiger charge is -2.28. The third-order valence-electron chi connectivity index (χ3n) is 5.03. The first-order chi connectivity index (χ1) is 14.6. The van der Waals surface area contributed by atoms with Gasteiger partial charge in [-0.25, -0.2) is 4.98 Å². The Morgan fingerprint density at radius 1 is 1.20 bits per heavy atom. The molecule has 1 fully saturated rings. The number of hydrogen-bond donors (Lipinski definition) is 1. The summed E-state index contributed by atoms with van der Waals surface area (Å²) in [7, 11) is 0. The molecule has 0 unspecified atom stereocenters. The van der Waals surface area contributed by atoms with Gasteiger partial charge in [0.1, 0.15) is 12.4 Å². The number of esters is 1. The van der Waals surface area contributed by atoms with Crippen LogP contribution >= 0.6 is 12.2 Å². The molecule has 1 N–H and O–H groups in total. The van der Waals surface area contributed by atoms with Crippen molar-refractivity contribution in [3.05, 3.63) is 78.0 Å². The van der Waals surface area contributed by atoms with Gasteiger partial charge >= 0.3 is 5.97 Å². The third kappa shape index (κ3) is 3.91. The number of pyridine rings is 2. The lowest BCUT2D eigenvalue weighted by atomic mass is 10.0. The topological polar surface area (TPSA) is 72.3 Å². The number of thiocarbonyl (C=S) groups is 1. The Kier molecular flexibility index (Phi) is 5.76. The molecule has 0 amide bonds. The quantitative estimate of drug-likeness (QED) is 0.484. The highest BCUT2D eigenvalue weighted by molar-refractivity contribution is 7.80. The van der Waals surface area contributed by atoms with Crippen LogP contribution in [0.1, 0.15) is 36.0 Å². The van der Waals surface area contributed by atoms with Crippen molar-refractivity contribution in [2.75, 3.05) is 13.2 Å². The van der Waals surface area contributed by atoms with Crippen LogP contribution in [0.2, 0.25) is 0 Å². The predicted octanol–water partition coefficient (Wildman–Crippen LogP) is 3.11. The van der Waals surface area contributed by atoms with Gasteiger partial charge in [-0.3, -0.25) is 9.78 Å². The van der Waals surface area contributed by atoms with Crippen molar-refractivity contribution in [2.45, 2.75) is 25.9 Å². The van der Waals surface area contributed by atoms with Gasteiger partial charge in [-0.2, -0.15) is 0 Å². The zero-order valence-electron chi connectivity index (χ0n) is 16.9. The Bertz CT molecular complexity index is 1040. The number of nitrogens with zero attached hydrogens (tertiary/aromatic N) is 4. The summed E-state index contributed by atoms with van der Waals surface area (Å²) in [6.45, 7) is 4.18. The summed E-state index contributed by atoms with van der Waals surface area (Å²) in [6, 6.07) is 13.3. The molecule has 0 aromatic carbocycles. The molecule has 3 aromatic heterocycles. The molecule has 0 aliphatic carbocycles. The maximum absolute atomic E-state index is 12.3. The van der Waals surface area contributed by atoms with Gasteiger partial charge in [0.05, 0.1) is 24.4 Å². The van der Waals surface area contributed by atoms with E-state index in [1.165, 1.54) is 0 Å². The Morgan fingerprint density at radius 3 is 2.77 bits per heavy atom. The van der Waals surface area contributed by atoms with Gasteiger partial charge in [0.15, 0.2) is 5.11 Å². The van der Waals surface area contributed by atoms with E-state index in [4.69, 9.17) is 17.0 Å². The van der Waals surface area contributed by atoms with Crippen molar-refractivity contribution < 1.29 is 9.53 Å². The Hall–Kier alpha value is -3.26. The van der Waals surface area contributed by atoms with Crippen LogP contribution in [0.5, 0.6) is 0 Å². The highest BCUT2D eigenvalue weighted by Gasteiger charge is 2.42. The van der Waals surface area contributed by atoms with Crippen LogP contribution in [-0.2, 0) is 9.53 Å². The molecule has 1 aliphatic rings. The van der Waals surface area contributed by atoms with E-state index in [2.05, 4.69) is 15.3 Å². The number of nitrogens with one attached hydrogen (secondary N) is 1. The Labute approximate surface area is 180 Å². The van der Waals surface area contributed by atoms with E-state index in [9.17, 15) is 4.79 Å². The first-order valence-electron chi connectivity index (χ1n) is 9.82. The molecular formula is C22H23N5O2S. The molecule has 4 rings (SSSR count). The minimum absolute atomic E-state index is 0.0557. The first-order valence-corrected chi connectivity index (χ1v) is 10.2. The second-order valence-corrected chi connectivity index (χ2v) is 7.44.